The molecule has 0 N–H and O–H groups in total. The number of rotatable bonds is 5. The molecule has 0 unspecified atom stereocenters. The summed E-state index contributed by atoms with van der Waals surface area (Å²) in [5, 5.41) is 0. The van der Waals surface area contributed by atoms with E-state index >= 15 is 0 Å². The van der Waals surface area contributed by atoms with Gasteiger partial charge in [-0.1, -0.05) is 0 Å². The van der Waals surface area contributed by atoms with Gasteiger partial charge in [-0.25, -0.2) is 12.8 Å². The van der Waals surface area contributed by atoms with Crippen LogP contribution in [0, 0.1) is 11.7 Å². The van der Waals surface area contributed by atoms with Crippen LogP contribution in [-0.2, 0) is 19.5 Å². The van der Waals surface area contributed by atoms with Gasteiger partial charge in [-0.05, 0) is 37.0 Å². The molecule has 3 aliphatic heterocycles. The Morgan fingerprint density at radius 1 is 0.968 bits per heavy atom. The molecule has 1 amide bonds. The van der Waals surface area contributed by atoms with Gasteiger partial charge in [-0.2, -0.15) is 4.31 Å². The fourth-order valence-electron chi connectivity index (χ4n) is 4.40. The molecule has 10 heteroatoms. The van der Waals surface area contributed by atoms with E-state index in [2.05, 4.69) is 4.90 Å². The average Bonchev–Trinajstić information content (AvgIpc) is 2.80. The van der Waals surface area contributed by atoms with Crippen molar-refractivity contribution in [3.63, 3.8) is 0 Å². The van der Waals surface area contributed by atoms with E-state index < -0.39 is 21.7 Å². The lowest BCUT2D eigenvalue weighted by molar-refractivity contribution is 0.0242. The van der Waals surface area contributed by atoms with Crippen molar-refractivity contribution in [3.8, 4) is 0 Å². The molecule has 31 heavy (non-hydrogen) atoms. The van der Waals surface area contributed by atoms with E-state index in [1.165, 1.54) is 16.4 Å². The van der Waals surface area contributed by atoms with E-state index in [0.29, 0.717) is 32.2 Å². The zero-order valence-electron chi connectivity index (χ0n) is 17.7. The maximum Gasteiger partial charge on any atom is 0.256 e. The lowest BCUT2D eigenvalue weighted by Crippen LogP contribution is -2.44. The van der Waals surface area contributed by atoms with Gasteiger partial charge in [0.05, 0.1) is 36.9 Å². The molecule has 3 saturated heterocycles. The molecule has 4 rings (SSSR count). The molecule has 0 aliphatic carbocycles. The molecule has 0 radical (unpaired) electrons. The smallest absolute Gasteiger partial charge is 0.256 e. The first-order chi connectivity index (χ1) is 14.9. The number of likely N-dealkylation sites (tertiary alicyclic amines) is 1. The number of piperidine rings is 1. The third-order valence-electron chi connectivity index (χ3n) is 6.30. The zero-order chi connectivity index (χ0) is 21.8. The second-order valence-electron chi connectivity index (χ2n) is 8.31. The van der Waals surface area contributed by atoms with Crippen molar-refractivity contribution in [1.29, 1.82) is 0 Å². The van der Waals surface area contributed by atoms with Gasteiger partial charge in [0.25, 0.3) is 5.91 Å². The lowest BCUT2D eigenvalue weighted by atomic mass is 9.95. The first-order valence-corrected chi connectivity index (χ1v) is 12.4. The number of amides is 1. The Hall–Kier alpha value is -1.59. The Labute approximate surface area is 182 Å². The molecule has 8 nitrogen and oxygen atoms in total. The monoisotopic (exact) mass is 455 g/mol. The third kappa shape index (κ3) is 5.25. The van der Waals surface area contributed by atoms with Crippen LogP contribution in [0.3, 0.4) is 0 Å². The highest BCUT2D eigenvalue weighted by atomic mass is 32.2. The second-order valence-corrected chi connectivity index (χ2v) is 10.2. The van der Waals surface area contributed by atoms with Gasteiger partial charge in [-0.3, -0.25) is 9.69 Å². The standard InChI is InChI=1S/C21H30FN3O5S/c22-20-2-1-18(31(27,28)25-9-13-30-14-10-25)15-19(20)21(26)24-5-3-17(4-6-24)16-23-7-11-29-12-8-23/h1-2,15,17H,3-14,16H2. The molecule has 0 saturated carbocycles. The number of hydrogen-bond acceptors (Lipinski definition) is 6. The summed E-state index contributed by atoms with van der Waals surface area (Å²) in [5.41, 5.74) is -0.180. The van der Waals surface area contributed by atoms with Gasteiger partial charge in [0, 0.05) is 45.8 Å². The van der Waals surface area contributed by atoms with Crippen molar-refractivity contribution in [2.45, 2.75) is 17.7 Å². The van der Waals surface area contributed by atoms with Crippen molar-refractivity contribution in [2.24, 2.45) is 5.92 Å². The summed E-state index contributed by atoms with van der Waals surface area (Å²) >= 11 is 0. The molecule has 172 valence electrons. The van der Waals surface area contributed by atoms with Gasteiger partial charge < -0.3 is 14.4 Å². The molecule has 3 aliphatic rings. The van der Waals surface area contributed by atoms with Gasteiger partial charge in [0.15, 0.2) is 0 Å². The highest BCUT2D eigenvalue weighted by Gasteiger charge is 2.30. The number of benzene rings is 1. The number of hydrogen-bond donors (Lipinski definition) is 0. The fourth-order valence-corrected chi connectivity index (χ4v) is 5.84. The summed E-state index contributed by atoms with van der Waals surface area (Å²) in [5.74, 6) is -0.636. The summed E-state index contributed by atoms with van der Waals surface area (Å²) in [4.78, 5) is 17.0. The van der Waals surface area contributed by atoms with E-state index in [-0.39, 0.29) is 23.5 Å². The maximum atomic E-state index is 14.5. The summed E-state index contributed by atoms with van der Waals surface area (Å²) < 4.78 is 52.2. The highest BCUT2D eigenvalue weighted by molar-refractivity contribution is 7.89. The second kappa shape index (κ2) is 9.91. The Morgan fingerprint density at radius 2 is 1.58 bits per heavy atom. The predicted octanol–water partition coefficient (Wildman–Crippen LogP) is 1.03. The Kier molecular flexibility index (Phi) is 7.22. The van der Waals surface area contributed by atoms with Crippen LogP contribution in [-0.4, -0.2) is 101 Å². The summed E-state index contributed by atoms with van der Waals surface area (Å²) in [6.07, 6.45) is 1.72. The van der Waals surface area contributed by atoms with E-state index in [9.17, 15) is 17.6 Å². The molecule has 3 heterocycles. The van der Waals surface area contributed by atoms with Crippen LogP contribution in [0.5, 0.6) is 0 Å². The van der Waals surface area contributed by atoms with Crippen molar-refractivity contribution in [3.05, 3.63) is 29.6 Å². The minimum Gasteiger partial charge on any atom is -0.379 e. The zero-order valence-corrected chi connectivity index (χ0v) is 18.5. The van der Waals surface area contributed by atoms with Crippen LogP contribution in [0.1, 0.15) is 23.2 Å². The van der Waals surface area contributed by atoms with E-state index in [1.807, 2.05) is 0 Å². The molecule has 1 aromatic rings. The van der Waals surface area contributed by atoms with Gasteiger partial charge >= 0.3 is 0 Å². The fraction of sp³-hybridized carbons (Fsp3) is 0.667. The van der Waals surface area contributed by atoms with Crippen LogP contribution in [0.15, 0.2) is 23.1 Å². The molecule has 0 aromatic heterocycles. The van der Waals surface area contributed by atoms with Gasteiger partial charge in [0.2, 0.25) is 10.0 Å². The highest BCUT2D eigenvalue weighted by Crippen LogP contribution is 2.24. The van der Waals surface area contributed by atoms with Gasteiger partial charge in [0.1, 0.15) is 5.82 Å². The third-order valence-corrected chi connectivity index (χ3v) is 8.19. The van der Waals surface area contributed by atoms with Crippen LogP contribution >= 0.6 is 0 Å². The normalized spacial score (nSPS) is 22.5. The van der Waals surface area contributed by atoms with Crippen LogP contribution in [0.4, 0.5) is 4.39 Å². The summed E-state index contributed by atoms with van der Waals surface area (Å²) in [7, 11) is -3.79. The molecular formula is C21H30FN3O5S. The van der Waals surface area contributed by atoms with E-state index in [1.54, 1.807) is 4.90 Å². The molecule has 1 aromatic carbocycles. The number of morpholine rings is 2. The number of ether oxygens (including phenoxy) is 2. The van der Waals surface area contributed by atoms with Crippen molar-refractivity contribution < 1.29 is 27.1 Å². The SMILES string of the molecule is O=C(c1cc(S(=O)(=O)N2CCOCC2)ccc1F)N1CCC(CN2CCOCC2)CC1. The number of nitrogens with zero attached hydrogens (tertiary/aromatic N) is 3. The van der Waals surface area contributed by atoms with Crippen LogP contribution < -0.4 is 0 Å². The van der Waals surface area contributed by atoms with Crippen molar-refractivity contribution >= 4 is 15.9 Å². The molecule has 0 spiro atoms. The Balaban J connectivity index is 1.41. The van der Waals surface area contributed by atoms with Crippen molar-refractivity contribution in [2.75, 3.05) is 72.2 Å². The predicted molar refractivity (Wildman–Crippen MR) is 112 cm³/mol. The first kappa shape index (κ1) is 22.6. The first-order valence-electron chi connectivity index (χ1n) is 10.9. The van der Waals surface area contributed by atoms with Crippen LogP contribution in [0.25, 0.3) is 0 Å². The molecule has 0 bridgehead atoms. The maximum absolute atomic E-state index is 14.5. The minimum absolute atomic E-state index is 0.0543. The molecular weight excluding hydrogens is 425 g/mol. The topological polar surface area (TPSA) is 79.4 Å². The van der Waals surface area contributed by atoms with Crippen molar-refractivity contribution in [1.82, 2.24) is 14.1 Å². The number of sulfonamides is 1. The largest absolute Gasteiger partial charge is 0.379 e. The Bertz CT molecular complexity index is 877. The number of carbonyl (C=O) groups is 1. The van der Waals surface area contributed by atoms with E-state index in [0.717, 1.165) is 51.8 Å². The van der Waals surface area contributed by atoms with Gasteiger partial charge in [-0.15, -0.1) is 0 Å². The quantitative estimate of drug-likeness (QED) is 0.660. The molecule has 3 fully saturated rings. The minimum atomic E-state index is -3.79. The number of halogens is 1. The summed E-state index contributed by atoms with van der Waals surface area (Å²) in [6.45, 7) is 6.65. The van der Waals surface area contributed by atoms with Crippen LogP contribution in [0.2, 0.25) is 0 Å². The molecule has 0 atom stereocenters. The lowest BCUT2D eigenvalue weighted by Gasteiger charge is -2.36. The Morgan fingerprint density at radius 3 is 2.23 bits per heavy atom. The van der Waals surface area contributed by atoms with E-state index in [4.69, 9.17) is 9.47 Å². The summed E-state index contributed by atoms with van der Waals surface area (Å²) in [6, 6.07) is 3.49. The average molecular weight is 456 g/mol. The number of carbonyl (C=O) groups excluding carboxylic acids is 1.